The van der Waals surface area contributed by atoms with Crippen molar-refractivity contribution in [2.75, 3.05) is 0 Å². The van der Waals surface area contributed by atoms with Gasteiger partial charge in [-0.15, -0.1) is 0 Å². The monoisotopic (exact) mass is 135 g/mol. The van der Waals surface area contributed by atoms with E-state index in [1.807, 2.05) is 23.2 Å². The van der Waals surface area contributed by atoms with Crippen LogP contribution in [0.4, 0.5) is 0 Å². The topological polar surface area (TPSA) is 8.81 Å². The Morgan fingerprint density at radius 2 is 1.90 bits per heavy atom. The molecule has 0 spiro atoms. The van der Waals surface area contributed by atoms with Crippen LogP contribution in [0.3, 0.4) is 0 Å². The first kappa shape index (κ1) is 7.38. The molecule has 1 aromatic rings. The van der Waals surface area contributed by atoms with Gasteiger partial charge in [0, 0.05) is 13.8 Å². The third-order valence-electron chi connectivity index (χ3n) is 2.22. The zero-order chi connectivity index (χ0) is 7.89. The van der Waals surface area contributed by atoms with E-state index in [1.54, 1.807) is 0 Å². The van der Waals surface area contributed by atoms with E-state index in [2.05, 4.69) is 13.8 Å². The summed E-state index contributed by atoms with van der Waals surface area (Å²) in [7, 11) is 9.67. The maximum atomic E-state index is 5.73. The van der Waals surface area contributed by atoms with E-state index in [1.165, 1.54) is 11.4 Å². The fourth-order valence-corrected chi connectivity index (χ4v) is 1.05. The van der Waals surface area contributed by atoms with Gasteiger partial charge in [-0.05, 0) is 5.72 Å². The lowest BCUT2D eigenvalue weighted by atomic mass is 10.1. The second-order valence-corrected chi connectivity index (χ2v) is 2.65. The molecule has 53 valence electrons. The lowest BCUT2D eigenvalue weighted by Gasteiger charge is -2.02. The lowest BCUT2D eigenvalue weighted by Crippen LogP contribution is -2.47. The molecule has 3 heteroatoms. The highest BCUT2D eigenvalue weighted by atomic mass is 15.1. The molecule has 0 aliphatic heterocycles. The summed E-state index contributed by atoms with van der Waals surface area (Å²) in [6.45, 7) is 4.12. The van der Waals surface area contributed by atoms with Gasteiger partial charge in [-0.3, -0.25) is 9.13 Å². The second-order valence-electron chi connectivity index (χ2n) is 2.65. The molecular formula is C7H12BN2. The minimum absolute atomic E-state index is 0.801. The molecule has 1 aromatic heterocycles. The SMILES string of the molecule is [B-]c1n(C)c(C)c(C)[n+]1C. The number of nitrogens with zero attached hydrogens (tertiary/aromatic N) is 2. The van der Waals surface area contributed by atoms with Crippen LogP contribution < -0.4 is 10.3 Å². The first-order valence-corrected chi connectivity index (χ1v) is 3.33. The molecule has 0 aromatic carbocycles. The number of imidazole rings is 1. The van der Waals surface area contributed by atoms with Crippen LogP contribution in [0.2, 0.25) is 0 Å². The highest BCUT2D eigenvalue weighted by Crippen LogP contribution is 1.95. The number of hydrogen-bond donors (Lipinski definition) is 0. The molecule has 1 heterocycles. The maximum absolute atomic E-state index is 5.73. The van der Waals surface area contributed by atoms with E-state index in [-0.39, 0.29) is 0 Å². The molecule has 0 N–H and O–H groups in total. The predicted molar refractivity (Wildman–Crippen MR) is 41.5 cm³/mol. The van der Waals surface area contributed by atoms with Gasteiger partial charge in [0.15, 0.2) is 0 Å². The average Bonchev–Trinajstić information content (AvgIpc) is 2.07. The smallest absolute Gasteiger partial charge is 0.138 e. The zero-order valence-electron chi connectivity index (χ0n) is 6.97. The standard InChI is InChI=1S/C7H12BN2/c1-5-6(2)10(4)7(8)9(5)3/h1-4H3. The second kappa shape index (κ2) is 2.15. The van der Waals surface area contributed by atoms with E-state index in [0.29, 0.717) is 0 Å². The van der Waals surface area contributed by atoms with Crippen molar-refractivity contribution in [3.8, 4) is 0 Å². The highest BCUT2D eigenvalue weighted by molar-refractivity contribution is 6.28. The van der Waals surface area contributed by atoms with E-state index < -0.39 is 0 Å². The molecular weight excluding hydrogens is 123 g/mol. The third kappa shape index (κ3) is 0.771. The van der Waals surface area contributed by atoms with Crippen molar-refractivity contribution in [2.45, 2.75) is 13.8 Å². The van der Waals surface area contributed by atoms with Gasteiger partial charge < -0.3 is 7.85 Å². The van der Waals surface area contributed by atoms with Crippen LogP contribution in [0, 0.1) is 13.8 Å². The van der Waals surface area contributed by atoms with Crippen molar-refractivity contribution in [1.29, 1.82) is 0 Å². The van der Waals surface area contributed by atoms with Gasteiger partial charge in [-0.1, -0.05) is 0 Å². The van der Waals surface area contributed by atoms with Crippen molar-refractivity contribution in [3.05, 3.63) is 11.4 Å². The quantitative estimate of drug-likeness (QED) is 0.327. The first-order valence-electron chi connectivity index (χ1n) is 3.33. The Morgan fingerprint density at radius 3 is 2.00 bits per heavy atom. The maximum Gasteiger partial charge on any atom is 0.138 e. The third-order valence-corrected chi connectivity index (χ3v) is 2.22. The summed E-state index contributed by atoms with van der Waals surface area (Å²) in [4.78, 5) is 0. The Kier molecular flexibility index (Phi) is 1.59. The van der Waals surface area contributed by atoms with Crippen LogP contribution in [0.1, 0.15) is 11.4 Å². The Bertz CT molecular complexity index is 183. The number of hydrogen-bond acceptors (Lipinski definition) is 0. The van der Waals surface area contributed by atoms with Gasteiger partial charge >= 0.3 is 0 Å². The summed E-state index contributed by atoms with van der Waals surface area (Å²) in [5.74, 6) is 0. The molecule has 0 aliphatic rings. The summed E-state index contributed by atoms with van der Waals surface area (Å²) in [6, 6.07) is 0. The van der Waals surface area contributed by atoms with Crippen molar-refractivity contribution >= 4 is 13.6 Å². The molecule has 0 bridgehead atoms. The summed E-state index contributed by atoms with van der Waals surface area (Å²) < 4.78 is 3.96. The average molecular weight is 135 g/mol. The van der Waals surface area contributed by atoms with E-state index in [4.69, 9.17) is 7.85 Å². The Morgan fingerprint density at radius 1 is 1.40 bits per heavy atom. The van der Waals surface area contributed by atoms with E-state index >= 15 is 0 Å². The molecule has 0 atom stereocenters. The fraction of sp³-hybridized carbons (Fsp3) is 0.571. The minimum Gasteiger partial charge on any atom is -0.458 e. The van der Waals surface area contributed by atoms with Crippen molar-refractivity contribution in [2.24, 2.45) is 14.1 Å². The molecule has 2 nitrogen and oxygen atoms in total. The molecule has 0 fully saturated rings. The fourth-order valence-electron chi connectivity index (χ4n) is 1.05. The Balaban J connectivity index is 3.44. The normalized spacial score (nSPS) is 10.5. The summed E-state index contributed by atoms with van der Waals surface area (Å²) >= 11 is 0. The summed E-state index contributed by atoms with van der Waals surface area (Å²) in [5, 5.41) is 0. The van der Waals surface area contributed by atoms with Crippen LogP contribution in [-0.2, 0) is 14.1 Å². The first-order chi connectivity index (χ1) is 4.55. The van der Waals surface area contributed by atoms with Crippen LogP contribution in [-0.4, -0.2) is 12.4 Å². The minimum atomic E-state index is 0.801. The molecule has 3 radical (unpaired) electrons. The van der Waals surface area contributed by atoms with Gasteiger partial charge in [0.25, 0.3) is 0 Å². The molecule has 0 amide bonds. The van der Waals surface area contributed by atoms with Crippen molar-refractivity contribution < 1.29 is 4.57 Å². The van der Waals surface area contributed by atoms with Crippen molar-refractivity contribution in [1.82, 2.24) is 4.57 Å². The van der Waals surface area contributed by atoms with Gasteiger partial charge in [-0.2, -0.15) is 0 Å². The van der Waals surface area contributed by atoms with Gasteiger partial charge in [0.1, 0.15) is 11.4 Å². The molecule has 0 saturated heterocycles. The Hall–Kier alpha value is -0.725. The number of aromatic nitrogens is 2. The van der Waals surface area contributed by atoms with Crippen LogP contribution >= 0.6 is 0 Å². The van der Waals surface area contributed by atoms with Crippen LogP contribution in [0.25, 0.3) is 0 Å². The molecule has 0 saturated carbocycles. The highest BCUT2D eigenvalue weighted by Gasteiger charge is 2.07. The van der Waals surface area contributed by atoms with Gasteiger partial charge in [-0.25, -0.2) is 0 Å². The van der Waals surface area contributed by atoms with E-state index in [0.717, 1.165) is 5.72 Å². The van der Waals surface area contributed by atoms with E-state index in [9.17, 15) is 0 Å². The lowest BCUT2D eigenvalue weighted by molar-refractivity contribution is -0.659. The summed E-state index contributed by atoms with van der Waals surface area (Å²) in [5.41, 5.74) is 3.25. The molecule has 0 aliphatic carbocycles. The van der Waals surface area contributed by atoms with Crippen molar-refractivity contribution in [3.63, 3.8) is 0 Å². The largest absolute Gasteiger partial charge is 0.458 e. The zero-order valence-corrected chi connectivity index (χ0v) is 6.97. The molecule has 1 rings (SSSR count). The Labute approximate surface area is 62.9 Å². The number of rotatable bonds is 0. The molecule has 10 heavy (non-hydrogen) atoms. The van der Waals surface area contributed by atoms with Gasteiger partial charge in [0.2, 0.25) is 0 Å². The van der Waals surface area contributed by atoms with Crippen LogP contribution in [0.5, 0.6) is 0 Å². The molecule has 0 unspecified atom stereocenters. The van der Waals surface area contributed by atoms with Crippen LogP contribution in [0.15, 0.2) is 0 Å². The predicted octanol–water partition coefficient (Wildman–Crippen LogP) is -0.740. The van der Waals surface area contributed by atoms with Gasteiger partial charge in [0.05, 0.1) is 14.1 Å². The summed E-state index contributed by atoms with van der Waals surface area (Å²) in [6.07, 6.45) is 0.